The second-order valence-corrected chi connectivity index (χ2v) is 11.0. The van der Waals surface area contributed by atoms with Crippen molar-refractivity contribution in [3.63, 3.8) is 0 Å². The monoisotopic (exact) mass is 459 g/mol. The van der Waals surface area contributed by atoms with Crippen molar-refractivity contribution in [2.24, 2.45) is 5.92 Å². The van der Waals surface area contributed by atoms with Gasteiger partial charge in [-0.15, -0.1) is 0 Å². The number of carbonyl (C=O) groups excluding carboxylic acids is 1. The second kappa shape index (κ2) is 11.6. The summed E-state index contributed by atoms with van der Waals surface area (Å²) in [4.78, 5) is 26.1. The highest BCUT2D eigenvalue weighted by Crippen LogP contribution is 2.28. The van der Waals surface area contributed by atoms with Gasteiger partial charge in [-0.25, -0.2) is 9.97 Å². The Balaban J connectivity index is 1.54. The lowest BCUT2D eigenvalue weighted by Crippen LogP contribution is -2.52. The van der Waals surface area contributed by atoms with Crippen LogP contribution in [0.2, 0.25) is 0 Å². The molecule has 7 heteroatoms. The van der Waals surface area contributed by atoms with Gasteiger partial charge in [-0.2, -0.15) is 0 Å². The lowest BCUT2D eigenvalue weighted by atomic mass is 9.84. The molecule has 0 spiro atoms. The van der Waals surface area contributed by atoms with Crippen molar-refractivity contribution in [2.45, 2.75) is 97.8 Å². The number of hydrogen-bond donors (Lipinski definition) is 1. The number of rotatable bonds is 8. The molecule has 1 aromatic rings. The van der Waals surface area contributed by atoms with Gasteiger partial charge in [0.05, 0.1) is 12.3 Å². The van der Waals surface area contributed by atoms with Gasteiger partial charge in [0.2, 0.25) is 5.91 Å². The van der Waals surface area contributed by atoms with E-state index in [1.54, 1.807) is 6.92 Å². The first kappa shape index (κ1) is 25.9. The Labute approximate surface area is 200 Å². The molecule has 1 aromatic heterocycles. The molecule has 2 heterocycles. The van der Waals surface area contributed by atoms with Gasteiger partial charge in [0, 0.05) is 56.7 Å². The van der Waals surface area contributed by atoms with Crippen LogP contribution in [-0.2, 0) is 21.6 Å². The Morgan fingerprint density at radius 3 is 2.52 bits per heavy atom. The molecule has 1 N–H and O–H groups in total. The number of carbonyl (C=O) groups is 1. The van der Waals surface area contributed by atoms with Gasteiger partial charge in [-0.3, -0.25) is 9.69 Å². The molecule has 1 saturated carbocycles. The van der Waals surface area contributed by atoms with Crippen LogP contribution in [0.3, 0.4) is 0 Å². The first-order valence-electron chi connectivity index (χ1n) is 12.9. The molecule has 0 bridgehead atoms. The zero-order chi connectivity index (χ0) is 24.0. The zero-order valence-corrected chi connectivity index (χ0v) is 21.7. The molecule has 1 saturated heterocycles. The summed E-state index contributed by atoms with van der Waals surface area (Å²) in [6, 6.07) is 3.00. The number of nitrogens with zero attached hydrogens (tertiary/aromatic N) is 4. The number of hydrogen-bond acceptors (Lipinski definition) is 6. The molecule has 0 aromatic carbocycles. The van der Waals surface area contributed by atoms with Gasteiger partial charge in [0.25, 0.3) is 0 Å². The van der Waals surface area contributed by atoms with E-state index in [0.717, 1.165) is 62.3 Å². The highest BCUT2D eigenvalue weighted by molar-refractivity contribution is 5.73. The zero-order valence-electron chi connectivity index (χ0n) is 21.7. The minimum Gasteiger partial charge on any atom is -0.375 e. The van der Waals surface area contributed by atoms with Crippen LogP contribution < -0.4 is 10.2 Å². The van der Waals surface area contributed by atoms with E-state index >= 15 is 0 Å². The maximum atomic E-state index is 11.3. The molecule has 7 nitrogen and oxygen atoms in total. The first-order valence-corrected chi connectivity index (χ1v) is 12.9. The Morgan fingerprint density at radius 1 is 1.18 bits per heavy atom. The molecule has 1 unspecified atom stereocenters. The van der Waals surface area contributed by atoms with Crippen LogP contribution in [0.1, 0.15) is 85.2 Å². The SMILES string of the molecule is CCOCc1cc(N2CCN(CCC3CCC(NC(C)=O)CC3)C(C)C2)nc(C(C)(C)C)n1. The standard InChI is InChI=1S/C26H45N5O2/c1-7-33-18-23-16-24(29-25(28-23)26(4,5)6)31-15-14-30(19(2)17-31)13-12-21-8-10-22(11-9-21)27-20(3)32/h16,19,21-22H,7-15,17-18H2,1-6H3,(H,27,32). The highest BCUT2D eigenvalue weighted by Gasteiger charge is 2.28. The van der Waals surface area contributed by atoms with Crippen molar-refractivity contribution in [3.8, 4) is 0 Å². The third-order valence-electron chi connectivity index (χ3n) is 7.06. The smallest absolute Gasteiger partial charge is 0.217 e. The van der Waals surface area contributed by atoms with Crippen LogP contribution >= 0.6 is 0 Å². The van der Waals surface area contributed by atoms with E-state index in [4.69, 9.17) is 14.7 Å². The molecule has 1 atom stereocenters. The minimum atomic E-state index is -0.0939. The van der Waals surface area contributed by atoms with Crippen molar-refractivity contribution in [1.29, 1.82) is 0 Å². The number of piperazine rings is 1. The molecule has 1 aliphatic heterocycles. The molecule has 1 aliphatic carbocycles. The molecule has 2 aliphatic rings. The fourth-order valence-electron chi connectivity index (χ4n) is 5.03. The van der Waals surface area contributed by atoms with Gasteiger partial charge in [0.15, 0.2) is 0 Å². The topological polar surface area (TPSA) is 70.6 Å². The number of aromatic nitrogens is 2. The number of anilines is 1. The second-order valence-electron chi connectivity index (χ2n) is 11.0. The normalized spacial score (nSPS) is 24.7. The fourth-order valence-corrected chi connectivity index (χ4v) is 5.03. The van der Waals surface area contributed by atoms with E-state index in [0.29, 0.717) is 25.3 Å². The van der Waals surface area contributed by atoms with Gasteiger partial charge in [-0.1, -0.05) is 20.8 Å². The molecule has 33 heavy (non-hydrogen) atoms. The van der Waals surface area contributed by atoms with Crippen LogP contribution in [0.5, 0.6) is 0 Å². The molecule has 3 rings (SSSR count). The average molecular weight is 460 g/mol. The third kappa shape index (κ3) is 7.64. The van der Waals surface area contributed by atoms with Crippen molar-refractivity contribution in [2.75, 3.05) is 37.7 Å². The van der Waals surface area contributed by atoms with E-state index < -0.39 is 0 Å². The molecule has 186 valence electrons. The highest BCUT2D eigenvalue weighted by atomic mass is 16.5. The van der Waals surface area contributed by atoms with Crippen LogP contribution in [-0.4, -0.2) is 65.6 Å². The van der Waals surface area contributed by atoms with E-state index in [1.165, 1.54) is 19.3 Å². The third-order valence-corrected chi connectivity index (χ3v) is 7.06. The Hall–Kier alpha value is -1.73. The maximum absolute atomic E-state index is 11.3. The van der Waals surface area contributed by atoms with Crippen molar-refractivity contribution < 1.29 is 9.53 Å². The Bertz CT molecular complexity index is 770. The number of nitrogens with one attached hydrogen (secondary N) is 1. The first-order chi connectivity index (χ1) is 15.7. The molecule has 0 radical (unpaired) electrons. The lowest BCUT2D eigenvalue weighted by molar-refractivity contribution is -0.119. The van der Waals surface area contributed by atoms with E-state index in [9.17, 15) is 4.79 Å². The van der Waals surface area contributed by atoms with E-state index in [2.05, 4.69) is 48.9 Å². The fraction of sp³-hybridized carbons (Fsp3) is 0.808. The summed E-state index contributed by atoms with van der Waals surface area (Å²) in [6.45, 7) is 17.9. The lowest BCUT2D eigenvalue weighted by Gasteiger charge is -2.41. The molecular formula is C26H45N5O2. The quantitative estimate of drug-likeness (QED) is 0.636. The summed E-state index contributed by atoms with van der Waals surface area (Å²) in [6.07, 6.45) is 5.98. The number of ether oxygens (including phenoxy) is 1. The van der Waals surface area contributed by atoms with Crippen LogP contribution in [0.4, 0.5) is 5.82 Å². The van der Waals surface area contributed by atoms with Gasteiger partial charge >= 0.3 is 0 Å². The van der Waals surface area contributed by atoms with Crippen LogP contribution in [0, 0.1) is 5.92 Å². The largest absolute Gasteiger partial charge is 0.375 e. The van der Waals surface area contributed by atoms with Gasteiger partial charge in [0.1, 0.15) is 11.6 Å². The van der Waals surface area contributed by atoms with Crippen molar-refractivity contribution in [3.05, 3.63) is 17.6 Å². The average Bonchev–Trinajstić information content (AvgIpc) is 2.76. The summed E-state index contributed by atoms with van der Waals surface area (Å²) >= 11 is 0. The summed E-state index contributed by atoms with van der Waals surface area (Å²) in [5, 5.41) is 3.09. The Kier molecular flexibility index (Phi) is 9.10. The minimum absolute atomic E-state index is 0.0939. The van der Waals surface area contributed by atoms with Gasteiger partial charge < -0.3 is 15.0 Å². The summed E-state index contributed by atoms with van der Waals surface area (Å²) in [5.41, 5.74) is 0.875. The van der Waals surface area contributed by atoms with Crippen molar-refractivity contribution >= 4 is 11.7 Å². The maximum Gasteiger partial charge on any atom is 0.217 e. The molecular weight excluding hydrogens is 414 g/mol. The van der Waals surface area contributed by atoms with Crippen molar-refractivity contribution in [1.82, 2.24) is 20.2 Å². The van der Waals surface area contributed by atoms with E-state index in [1.807, 2.05) is 6.92 Å². The molecule has 2 fully saturated rings. The number of amides is 1. The Morgan fingerprint density at radius 2 is 1.91 bits per heavy atom. The molecule has 1 amide bonds. The van der Waals surface area contributed by atoms with Crippen LogP contribution in [0.15, 0.2) is 6.07 Å². The summed E-state index contributed by atoms with van der Waals surface area (Å²) in [5.74, 6) is 2.82. The van der Waals surface area contributed by atoms with Gasteiger partial charge in [-0.05, 0) is 58.4 Å². The summed E-state index contributed by atoms with van der Waals surface area (Å²) in [7, 11) is 0. The van der Waals surface area contributed by atoms with E-state index in [-0.39, 0.29) is 11.3 Å². The summed E-state index contributed by atoms with van der Waals surface area (Å²) < 4.78 is 5.65. The predicted octanol–water partition coefficient (Wildman–Crippen LogP) is 3.91. The predicted molar refractivity (Wildman–Crippen MR) is 133 cm³/mol. The van der Waals surface area contributed by atoms with Crippen LogP contribution in [0.25, 0.3) is 0 Å².